The minimum atomic E-state index is -0.176. The first-order chi connectivity index (χ1) is 9.65. The third-order valence-corrected chi connectivity index (χ3v) is 3.77. The second-order valence-corrected chi connectivity index (χ2v) is 5.04. The molecule has 0 saturated heterocycles. The molecule has 3 heteroatoms. The number of hydrogen-bond acceptors (Lipinski definition) is 2. The molecule has 0 aliphatic rings. The molecule has 0 spiro atoms. The van der Waals surface area contributed by atoms with E-state index >= 15 is 0 Å². The highest BCUT2D eigenvalue weighted by atomic mass is 19.1. The van der Waals surface area contributed by atoms with Gasteiger partial charge in [-0.25, -0.2) is 4.39 Å². The van der Waals surface area contributed by atoms with Crippen molar-refractivity contribution in [1.29, 1.82) is 0 Å². The second kappa shape index (κ2) is 6.62. The maximum atomic E-state index is 13.2. The van der Waals surface area contributed by atoms with Crippen molar-refractivity contribution >= 4 is 0 Å². The van der Waals surface area contributed by atoms with Crippen LogP contribution in [0.5, 0.6) is 0 Å². The van der Waals surface area contributed by atoms with Gasteiger partial charge in [0.2, 0.25) is 0 Å². The van der Waals surface area contributed by atoms with Crippen LogP contribution in [-0.4, -0.2) is 12.0 Å². The number of pyridine rings is 1. The van der Waals surface area contributed by atoms with Gasteiger partial charge in [0.25, 0.3) is 0 Å². The molecule has 0 saturated carbocycles. The Balaban J connectivity index is 2.29. The number of likely N-dealkylation sites (N-methyl/N-ethyl adjacent to an activating group) is 1. The fourth-order valence-corrected chi connectivity index (χ4v) is 2.55. The van der Waals surface area contributed by atoms with Gasteiger partial charge in [0, 0.05) is 18.4 Å². The summed E-state index contributed by atoms with van der Waals surface area (Å²) in [6, 6.07) is 7.29. The molecule has 2 aromatic rings. The third-order valence-electron chi connectivity index (χ3n) is 3.77. The van der Waals surface area contributed by atoms with Crippen molar-refractivity contribution in [2.24, 2.45) is 0 Å². The molecule has 1 aromatic carbocycles. The van der Waals surface area contributed by atoms with E-state index in [1.807, 2.05) is 32.4 Å². The predicted octanol–water partition coefficient (Wildman–Crippen LogP) is 3.59. The summed E-state index contributed by atoms with van der Waals surface area (Å²) < 4.78 is 13.2. The highest BCUT2D eigenvalue weighted by Crippen LogP contribution is 2.23. The Morgan fingerprint density at radius 2 is 2.05 bits per heavy atom. The van der Waals surface area contributed by atoms with E-state index in [1.54, 1.807) is 6.07 Å². The Hall–Kier alpha value is -1.74. The first kappa shape index (κ1) is 14.7. The SMILES string of the molecule is CCc1cnccc1C(Cc1ccc(F)cc1C)NC. The lowest BCUT2D eigenvalue weighted by Crippen LogP contribution is -2.20. The van der Waals surface area contributed by atoms with Gasteiger partial charge in [0.05, 0.1) is 0 Å². The maximum Gasteiger partial charge on any atom is 0.123 e. The van der Waals surface area contributed by atoms with E-state index < -0.39 is 0 Å². The molecule has 0 bridgehead atoms. The van der Waals surface area contributed by atoms with Crippen LogP contribution in [-0.2, 0) is 12.8 Å². The van der Waals surface area contributed by atoms with E-state index in [0.717, 1.165) is 18.4 Å². The van der Waals surface area contributed by atoms with Gasteiger partial charge in [0.1, 0.15) is 5.82 Å². The standard InChI is InChI=1S/C17H21FN2/c1-4-13-11-20-8-7-16(13)17(19-3)10-14-5-6-15(18)9-12(14)2/h5-9,11,17,19H,4,10H2,1-3H3. The number of benzene rings is 1. The lowest BCUT2D eigenvalue weighted by atomic mass is 9.93. The van der Waals surface area contributed by atoms with Gasteiger partial charge in [-0.15, -0.1) is 0 Å². The summed E-state index contributed by atoms with van der Waals surface area (Å²) in [5, 5.41) is 3.36. The van der Waals surface area contributed by atoms with Crippen molar-refractivity contribution in [3.8, 4) is 0 Å². The molecule has 0 aliphatic heterocycles. The van der Waals surface area contributed by atoms with Gasteiger partial charge in [-0.2, -0.15) is 0 Å². The van der Waals surface area contributed by atoms with Crippen LogP contribution in [0.2, 0.25) is 0 Å². The third kappa shape index (κ3) is 3.23. The molecule has 0 radical (unpaired) electrons. The molecule has 1 unspecified atom stereocenters. The van der Waals surface area contributed by atoms with E-state index in [1.165, 1.54) is 22.8 Å². The summed E-state index contributed by atoms with van der Waals surface area (Å²) in [7, 11) is 1.96. The van der Waals surface area contributed by atoms with Crippen molar-refractivity contribution in [3.63, 3.8) is 0 Å². The van der Waals surface area contributed by atoms with Crippen LogP contribution >= 0.6 is 0 Å². The molecule has 106 valence electrons. The zero-order valence-electron chi connectivity index (χ0n) is 12.3. The zero-order valence-corrected chi connectivity index (χ0v) is 12.3. The van der Waals surface area contributed by atoms with E-state index in [0.29, 0.717) is 0 Å². The molecule has 0 amide bonds. The average Bonchev–Trinajstić information content (AvgIpc) is 2.46. The summed E-state index contributed by atoms with van der Waals surface area (Å²) >= 11 is 0. The predicted molar refractivity (Wildman–Crippen MR) is 80.3 cm³/mol. The number of nitrogens with zero attached hydrogens (tertiary/aromatic N) is 1. The highest BCUT2D eigenvalue weighted by Gasteiger charge is 2.14. The zero-order chi connectivity index (χ0) is 14.5. The molecule has 0 fully saturated rings. The summed E-state index contributed by atoms with van der Waals surface area (Å²) in [4.78, 5) is 4.19. The van der Waals surface area contributed by atoms with Crippen molar-refractivity contribution in [2.45, 2.75) is 32.7 Å². The molecule has 2 nitrogen and oxygen atoms in total. The van der Waals surface area contributed by atoms with E-state index in [-0.39, 0.29) is 11.9 Å². The van der Waals surface area contributed by atoms with Crippen LogP contribution in [0.1, 0.15) is 35.2 Å². The van der Waals surface area contributed by atoms with Crippen molar-refractivity contribution in [3.05, 3.63) is 64.7 Å². The second-order valence-electron chi connectivity index (χ2n) is 5.04. The summed E-state index contributed by atoms with van der Waals surface area (Å²) in [5.41, 5.74) is 4.70. The lowest BCUT2D eigenvalue weighted by Gasteiger charge is -2.20. The van der Waals surface area contributed by atoms with E-state index in [2.05, 4.69) is 23.3 Å². The largest absolute Gasteiger partial charge is 0.313 e. The summed E-state index contributed by atoms with van der Waals surface area (Å²) in [5.74, 6) is -0.176. The molecular formula is C17H21FN2. The van der Waals surface area contributed by atoms with Gasteiger partial charge in [-0.1, -0.05) is 13.0 Å². The Bertz CT molecular complexity index is 581. The molecular weight excluding hydrogens is 251 g/mol. The highest BCUT2D eigenvalue weighted by molar-refractivity contribution is 5.32. The van der Waals surface area contributed by atoms with Gasteiger partial charge < -0.3 is 5.32 Å². The number of halogens is 1. The molecule has 2 rings (SSSR count). The Kier molecular flexibility index (Phi) is 4.85. The molecule has 1 aromatic heterocycles. The Morgan fingerprint density at radius 1 is 1.25 bits per heavy atom. The van der Waals surface area contributed by atoms with Crippen LogP contribution in [0.25, 0.3) is 0 Å². The summed E-state index contributed by atoms with van der Waals surface area (Å²) in [6.07, 6.45) is 5.57. The van der Waals surface area contributed by atoms with Crippen LogP contribution in [0.15, 0.2) is 36.7 Å². The minimum Gasteiger partial charge on any atom is -0.313 e. The monoisotopic (exact) mass is 272 g/mol. The first-order valence-electron chi connectivity index (χ1n) is 7.00. The maximum absolute atomic E-state index is 13.2. The molecule has 1 atom stereocenters. The van der Waals surface area contributed by atoms with Gasteiger partial charge in [-0.3, -0.25) is 4.98 Å². The van der Waals surface area contributed by atoms with Crippen molar-refractivity contribution in [2.75, 3.05) is 7.05 Å². The number of hydrogen-bond donors (Lipinski definition) is 1. The molecule has 0 aliphatic carbocycles. The van der Waals surface area contributed by atoms with Crippen LogP contribution in [0, 0.1) is 12.7 Å². The topological polar surface area (TPSA) is 24.9 Å². The van der Waals surface area contributed by atoms with Gasteiger partial charge in [-0.05, 0) is 67.3 Å². The van der Waals surface area contributed by atoms with Crippen LogP contribution < -0.4 is 5.32 Å². The number of aromatic nitrogens is 1. The van der Waals surface area contributed by atoms with Crippen molar-refractivity contribution < 1.29 is 4.39 Å². The first-order valence-corrected chi connectivity index (χ1v) is 7.00. The minimum absolute atomic E-state index is 0.176. The lowest BCUT2D eigenvalue weighted by molar-refractivity contribution is 0.581. The average molecular weight is 272 g/mol. The van der Waals surface area contributed by atoms with Gasteiger partial charge >= 0.3 is 0 Å². The number of aryl methyl sites for hydroxylation is 2. The van der Waals surface area contributed by atoms with Crippen LogP contribution in [0.3, 0.4) is 0 Å². The number of rotatable bonds is 5. The quantitative estimate of drug-likeness (QED) is 0.899. The van der Waals surface area contributed by atoms with E-state index in [4.69, 9.17) is 0 Å². The van der Waals surface area contributed by atoms with E-state index in [9.17, 15) is 4.39 Å². The van der Waals surface area contributed by atoms with Crippen LogP contribution in [0.4, 0.5) is 4.39 Å². The normalized spacial score (nSPS) is 12.4. The Morgan fingerprint density at radius 3 is 2.70 bits per heavy atom. The molecule has 20 heavy (non-hydrogen) atoms. The summed E-state index contributed by atoms with van der Waals surface area (Å²) in [6.45, 7) is 4.09. The molecule has 1 heterocycles. The number of nitrogens with one attached hydrogen (secondary N) is 1. The van der Waals surface area contributed by atoms with Crippen molar-refractivity contribution in [1.82, 2.24) is 10.3 Å². The fraction of sp³-hybridized carbons (Fsp3) is 0.353. The fourth-order valence-electron chi connectivity index (χ4n) is 2.55. The smallest absolute Gasteiger partial charge is 0.123 e. The Labute approximate surface area is 120 Å². The van der Waals surface area contributed by atoms with Gasteiger partial charge in [0.15, 0.2) is 0 Å². The molecule has 1 N–H and O–H groups in total.